The van der Waals surface area contributed by atoms with Crippen LogP contribution in [-0.4, -0.2) is 80.2 Å². The number of thioether (sulfide) groups is 1. The smallest absolute Gasteiger partial charge is 0.338 e. The normalized spacial score (nSPS) is 21.6. The van der Waals surface area contributed by atoms with E-state index in [9.17, 15) is 19.5 Å². The molecule has 0 bridgehead atoms. The average molecular weight is 707 g/mol. The molecular formula is C38H46O9SSi. The second-order valence-electron chi connectivity index (χ2n) is 13.3. The zero-order valence-corrected chi connectivity index (χ0v) is 30.5. The molecule has 0 radical (unpaired) electrons. The molecule has 1 saturated heterocycles. The van der Waals surface area contributed by atoms with Crippen molar-refractivity contribution in [3.63, 3.8) is 0 Å². The van der Waals surface area contributed by atoms with Gasteiger partial charge in [0.05, 0.1) is 23.3 Å². The van der Waals surface area contributed by atoms with Crippen molar-refractivity contribution in [2.45, 2.75) is 68.8 Å². The number of aliphatic hydroxyl groups excluding tert-OH is 1. The molecule has 1 aliphatic rings. The molecule has 11 heteroatoms. The molecule has 4 rings (SSSR count). The topological polar surface area (TPSA) is 118 Å². The monoisotopic (exact) mass is 706 g/mol. The number of carbonyl (C=O) groups excluding carboxylic acids is 3. The minimum Gasteiger partial charge on any atom is -0.452 e. The molecule has 0 saturated carbocycles. The Morgan fingerprint density at radius 2 is 1.22 bits per heavy atom. The number of rotatable bonds is 14. The fourth-order valence-corrected chi connectivity index (χ4v) is 7.15. The van der Waals surface area contributed by atoms with E-state index in [1.165, 1.54) is 11.8 Å². The summed E-state index contributed by atoms with van der Waals surface area (Å²) in [6, 6.07) is 25.0. The number of carbonyl (C=O) groups is 3. The van der Waals surface area contributed by atoms with E-state index in [-0.39, 0.29) is 27.6 Å². The Labute approximate surface area is 294 Å². The molecule has 49 heavy (non-hydrogen) atoms. The lowest BCUT2D eigenvalue weighted by molar-refractivity contribution is -0.207. The van der Waals surface area contributed by atoms with Crippen molar-refractivity contribution in [2.24, 2.45) is 5.92 Å². The third-order valence-electron chi connectivity index (χ3n) is 8.80. The lowest BCUT2D eigenvalue weighted by Crippen LogP contribution is -2.61. The number of ether oxygens (including phenoxy) is 4. The van der Waals surface area contributed by atoms with Crippen LogP contribution in [0.15, 0.2) is 104 Å². The van der Waals surface area contributed by atoms with Crippen LogP contribution in [0.1, 0.15) is 51.8 Å². The number of esters is 3. The fraction of sp³-hybridized carbons (Fsp3) is 0.395. The van der Waals surface area contributed by atoms with E-state index >= 15 is 0 Å². The molecule has 0 amide bonds. The van der Waals surface area contributed by atoms with Gasteiger partial charge in [0, 0.05) is 18.3 Å². The van der Waals surface area contributed by atoms with Gasteiger partial charge in [-0.1, -0.05) is 81.4 Å². The summed E-state index contributed by atoms with van der Waals surface area (Å²) in [5.41, 5.74) is -0.166. The molecule has 1 heterocycles. The molecule has 262 valence electrons. The van der Waals surface area contributed by atoms with Crippen molar-refractivity contribution in [3.05, 3.63) is 120 Å². The van der Waals surface area contributed by atoms with E-state index in [1.54, 1.807) is 91.0 Å². The first-order valence-corrected chi connectivity index (χ1v) is 20.2. The van der Waals surface area contributed by atoms with E-state index in [4.69, 9.17) is 23.4 Å². The van der Waals surface area contributed by atoms with Gasteiger partial charge in [-0.3, -0.25) is 0 Å². The predicted molar refractivity (Wildman–Crippen MR) is 192 cm³/mol. The molecule has 0 aliphatic carbocycles. The van der Waals surface area contributed by atoms with Gasteiger partial charge in [-0.05, 0) is 54.5 Å². The molecule has 1 unspecified atom stereocenters. The highest BCUT2D eigenvalue weighted by Gasteiger charge is 2.52. The molecule has 3 aromatic carbocycles. The molecule has 0 spiro atoms. The van der Waals surface area contributed by atoms with Gasteiger partial charge in [-0.15, -0.1) is 18.3 Å². The maximum absolute atomic E-state index is 13.6. The first-order chi connectivity index (χ1) is 23.3. The molecule has 1 N–H and O–H groups in total. The molecule has 1 fully saturated rings. The quantitative estimate of drug-likeness (QED) is 0.0818. The lowest BCUT2D eigenvalue weighted by Gasteiger charge is -2.44. The summed E-state index contributed by atoms with van der Waals surface area (Å²) in [5.74, 6) is -1.77. The Hall–Kier alpha value is -3.74. The lowest BCUT2D eigenvalue weighted by atomic mass is 9.98. The Kier molecular flexibility index (Phi) is 13.4. The number of aliphatic hydroxyl groups is 1. The summed E-state index contributed by atoms with van der Waals surface area (Å²) in [5, 5.41) is 10.6. The van der Waals surface area contributed by atoms with Crippen molar-refractivity contribution in [1.82, 2.24) is 0 Å². The van der Waals surface area contributed by atoms with Crippen LogP contribution in [0.2, 0.25) is 18.1 Å². The third kappa shape index (κ3) is 10.1. The summed E-state index contributed by atoms with van der Waals surface area (Å²) in [6.07, 6.45) is -3.21. The maximum Gasteiger partial charge on any atom is 0.338 e. The van der Waals surface area contributed by atoms with Gasteiger partial charge in [-0.2, -0.15) is 0 Å². The van der Waals surface area contributed by atoms with E-state index in [1.807, 2.05) is 6.08 Å². The van der Waals surface area contributed by atoms with Crippen LogP contribution in [0.3, 0.4) is 0 Å². The number of benzene rings is 3. The van der Waals surface area contributed by atoms with Gasteiger partial charge in [0.25, 0.3) is 0 Å². The van der Waals surface area contributed by atoms with Crippen molar-refractivity contribution < 1.29 is 42.9 Å². The highest BCUT2D eigenvalue weighted by Crippen LogP contribution is 2.38. The molecule has 3 aromatic rings. The van der Waals surface area contributed by atoms with Gasteiger partial charge in [-0.25, -0.2) is 14.4 Å². The first-order valence-electron chi connectivity index (χ1n) is 16.3. The Morgan fingerprint density at radius 1 is 0.796 bits per heavy atom. The van der Waals surface area contributed by atoms with E-state index < -0.39 is 62.7 Å². The second kappa shape index (κ2) is 17.3. The standard InChI is InChI=1S/C38H46O9SSi/c1-7-26(24-43-49(5,6)38(2,3)4)25-48-37-33(47-36(42)29-21-15-10-16-22-29)32(46-35(41)28-19-13-9-14-20-28)31(30(23-39)44-37)45-34(40)27-17-11-8-12-18-27/h7-22,26,30-33,37,39H,1,23-25H2,2-6H3/t26?,30-,31+,32+,33-,37-/m1/s1. The number of hydrogen-bond donors (Lipinski definition) is 1. The SMILES string of the molecule is C=CC(CO[Si](C)(C)C(C)(C)C)CS[C@H]1O[C@H](CO)[C@H](OC(=O)c2ccccc2)[C@H](OC(=O)c2ccccc2)[C@H]1OC(=O)c1ccccc1. The van der Waals surface area contributed by atoms with Crippen LogP contribution < -0.4 is 0 Å². The van der Waals surface area contributed by atoms with Gasteiger partial charge < -0.3 is 28.5 Å². The predicted octanol–water partition coefficient (Wildman–Crippen LogP) is 6.94. The van der Waals surface area contributed by atoms with Gasteiger partial charge in [0.15, 0.2) is 26.6 Å². The summed E-state index contributed by atoms with van der Waals surface area (Å²) >= 11 is 1.32. The van der Waals surface area contributed by atoms with Crippen molar-refractivity contribution >= 4 is 38.0 Å². The maximum atomic E-state index is 13.6. The molecule has 6 atom stereocenters. The van der Waals surface area contributed by atoms with Crippen LogP contribution >= 0.6 is 11.8 Å². The zero-order valence-electron chi connectivity index (χ0n) is 28.7. The highest BCUT2D eigenvalue weighted by molar-refractivity contribution is 7.99. The number of hydrogen-bond acceptors (Lipinski definition) is 10. The Morgan fingerprint density at radius 3 is 1.63 bits per heavy atom. The van der Waals surface area contributed by atoms with E-state index in [2.05, 4.69) is 40.4 Å². The average Bonchev–Trinajstić information content (AvgIpc) is 3.10. The fourth-order valence-electron chi connectivity index (χ4n) is 4.79. The van der Waals surface area contributed by atoms with Crippen LogP contribution in [-0.2, 0) is 23.4 Å². The van der Waals surface area contributed by atoms with Crippen LogP contribution in [0.5, 0.6) is 0 Å². The van der Waals surface area contributed by atoms with E-state index in [0.29, 0.717) is 12.4 Å². The van der Waals surface area contributed by atoms with Crippen LogP contribution in [0, 0.1) is 5.92 Å². The largest absolute Gasteiger partial charge is 0.452 e. The molecular weight excluding hydrogens is 661 g/mol. The van der Waals surface area contributed by atoms with Crippen molar-refractivity contribution in [3.8, 4) is 0 Å². The van der Waals surface area contributed by atoms with Crippen molar-refractivity contribution in [2.75, 3.05) is 19.0 Å². The minimum atomic E-state index is -2.05. The molecule has 1 aliphatic heterocycles. The first kappa shape index (κ1) is 38.1. The summed E-state index contributed by atoms with van der Waals surface area (Å²) in [4.78, 5) is 40.4. The summed E-state index contributed by atoms with van der Waals surface area (Å²) < 4.78 is 30.9. The third-order valence-corrected chi connectivity index (χ3v) is 14.6. The van der Waals surface area contributed by atoms with Crippen molar-refractivity contribution in [1.29, 1.82) is 0 Å². The summed E-state index contributed by atoms with van der Waals surface area (Å²) in [6.45, 7) is 14.8. The molecule has 0 aromatic heterocycles. The Bertz CT molecular complexity index is 1530. The highest BCUT2D eigenvalue weighted by atomic mass is 32.2. The van der Waals surface area contributed by atoms with Crippen LogP contribution in [0.25, 0.3) is 0 Å². The van der Waals surface area contributed by atoms with Gasteiger partial charge >= 0.3 is 17.9 Å². The van der Waals surface area contributed by atoms with Gasteiger partial charge in [0.1, 0.15) is 11.5 Å². The molecule has 9 nitrogen and oxygen atoms in total. The summed E-state index contributed by atoms with van der Waals surface area (Å²) in [7, 11) is -2.05. The van der Waals surface area contributed by atoms with Gasteiger partial charge in [0.2, 0.25) is 0 Å². The minimum absolute atomic E-state index is 0.0193. The second-order valence-corrected chi connectivity index (χ2v) is 19.3. The van der Waals surface area contributed by atoms with Crippen LogP contribution in [0.4, 0.5) is 0 Å². The zero-order chi connectivity index (χ0) is 35.6. The van der Waals surface area contributed by atoms with E-state index in [0.717, 1.165) is 0 Å². The Balaban J connectivity index is 1.68.